The van der Waals surface area contributed by atoms with E-state index in [-0.39, 0.29) is 23.8 Å². The van der Waals surface area contributed by atoms with E-state index in [9.17, 15) is 9.59 Å². The van der Waals surface area contributed by atoms with E-state index in [1.165, 1.54) is 5.56 Å². The summed E-state index contributed by atoms with van der Waals surface area (Å²) in [5.41, 5.74) is 3.64. The first-order valence-electron chi connectivity index (χ1n) is 8.85. The highest BCUT2D eigenvalue weighted by Crippen LogP contribution is 2.30. The van der Waals surface area contributed by atoms with E-state index in [4.69, 9.17) is 0 Å². The van der Waals surface area contributed by atoms with Gasteiger partial charge < -0.3 is 10.6 Å². The molecule has 2 amide bonds. The monoisotopic (exact) mass is 336 g/mol. The second-order valence-electron chi connectivity index (χ2n) is 6.69. The van der Waals surface area contributed by atoms with Crippen molar-refractivity contribution in [1.29, 1.82) is 0 Å². The fourth-order valence-corrected chi connectivity index (χ4v) is 2.76. The van der Waals surface area contributed by atoms with Crippen molar-refractivity contribution in [2.75, 3.05) is 5.32 Å². The van der Waals surface area contributed by atoms with Crippen molar-refractivity contribution in [1.82, 2.24) is 5.32 Å². The lowest BCUT2D eigenvalue weighted by molar-refractivity contribution is -0.117. The fraction of sp³-hybridized carbons (Fsp3) is 0.333. The van der Waals surface area contributed by atoms with Crippen LogP contribution in [0.2, 0.25) is 0 Å². The molecule has 1 atom stereocenters. The highest BCUT2D eigenvalue weighted by molar-refractivity contribution is 5.97. The van der Waals surface area contributed by atoms with Crippen LogP contribution < -0.4 is 10.6 Å². The molecule has 4 heteroatoms. The predicted octanol–water partition coefficient (Wildman–Crippen LogP) is 4.22. The van der Waals surface area contributed by atoms with E-state index < -0.39 is 0 Å². The zero-order valence-electron chi connectivity index (χ0n) is 14.7. The van der Waals surface area contributed by atoms with E-state index in [0.29, 0.717) is 5.56 Å². The molecule has 0 unspecified atom stereocenters. The van der Waals surface area contributed by atoms with Crippen molar-refractivity contribution >= 4 is 17.5 Å². The van der Waals surface area contributed by atoms with Gasteiger partial charge in [0.25, 0.3) is 5.91 Å². The number of rotatable bonds is 6. The molecule has 1 saturated carbocycles. The number of carbonyl (C=O) groups is 2. The number of amides is 2. The molecule has 2 N–H and O–H groups in total. The van der Waals surface area contributed by atoms with Crippen molar-refractivity contribution < 1.29 is 9.59 Å². The van der Waals surface area contributed by atoms with E-state index in [1.807, 2.05) is 6.92 Å². The summed E-state index contributed by atoms with van der Waals surface area (Å²) in [6.07, 6.45) is 2.78. The van der Waals surface area contributed by atoms with Crippen molar-refractivity contribution in [3.63, 3.8) is 0 Å². The molecule has 130 valence electrons. The van der Waals surface area contributed by atoms with Gasteiger partial charge in [0, 0.05) is 17.2 Å². The number of hydrogen-bond donors (Lipinski definition) is 2. The molecule has 1 fully saturated rings. The van der Waals surface area contributed by atoms with Crippen LogP contribution >= 0.6 is 0 Å². The van der Waals surface area contributed by atoms with Crippen LogP contribution in [-0.2, 0) is 4.79 Å². The summed E-state index contributed by atoms with van der Waals surface area (Å²) in [6, 6.07) is 15.3. The van der Waals surface area contributed by atoms with Gasteiger partial charge in [0.05, 0.1) is 6.04 Å². The lowest BCUT2D eigenvalue weighted by Crippen LogP contribution is -2.28. The molecule has 1 aliphatic rings. The van der Waals surface area contributed by atoms with Crippen LogP contribution in [0.15, 0.2) is 48.5 Å². The molecule has 0 aromatic heterocycles. The van der Waals surface area contributed by atoms with Gasteiger partial charge in [0.1, 0.15) is 0 Å². The largest absolute Gasteiger partial charge is 0.345 e. The van der Waals surface area contributed by atoms with Gasteiger partial charge in [0.2, 0.25) is 5.91 Å². The van der Waals surface area contributed by atoms with Crippen LogP contribution in [0, 0.1) is 12.8 Å². The Bertz CT molecular complexity index is 746. The first-order valence-corrected chi connectivity index (χ1v) is 8.85. The minimum Gasteiger partial charge on any atom is -0.345 e. The van der Waals surface area contributed by atoms with Gasteiger partial charge in [-0.1, -0.05) is 36.8 Å². The normalized spacial score (nSPS) is 14.6. The summed E-state index contributed by atoms with van der Waals surface area (Å²) < 4.78 is 0. The molecule has 4 nitrogen and oxygen atoms in total. The van der Waals surface area contributed by atoms with Crippen LogP contribution in [0.4, 0.5) is 5.69 Å². The second kappa shape index (κ2) is 7.51. The average Bonchev–Trinajstić information content (AvgIpc) is 3.46. The molecule has 0 bridgehead atoms. The Morgan fingerprint density at radius 3 is 2.24 bits per heavy atom. The Balaban J connectivity index is 1.63. The van der Waals surface area contributed by atoms with Crippen LogP contribution in [0.25, 0.3) is 0 Å². The molecular formula is C21H24N2O2. The van der Waals surface area contributed by atoms with Crippen molar-refractivity contribution in [2.45, 2.75) is 39.2 Å². The fourth-order valence-electron chi connectivity index (χ4n) is 2.76. The van der Waals surface area contributed by atoms with Gasteiger partial charge in [-0.05, 0) is 56.0 Å². The van der Waals surface area contributed by atoms with Crippen molar-refractivity contribution in [2.24, 2.45) is 5.92 Å². The molecule has 0 radical (unpaired) electrons. The van der Waals surface area contributed by atoms with E-state index >= 15 is 0 Å². The van der Waals surface area contributed by atoms with Gasteiger partial charge in [0.15, 0.2) is 0 Å². The standard InChI is InChI=1S/C21H24N2O2/c1-3-19(15-6-4-14(2)5-7-15)23-21(25)17-10-12-18(13-11-17)22-20(24)16-8-9-16/h4-7,10-13,16,19H,3,8-9H2,1-2H3,(H,22,24)(H,23,25)/t19-/m0/s1. The van der Waals surface area contributed by atoms with Gasteiger partial charge in [-0.2, -0.15) is 0 Å². The van der Waals surface area contributed by atoms with Crippen molar-refractivity contribution in [3.05, 3.63) is 65.2 Å². The summed E-state index contributed by atoms with van der Waals surface area (Å²) in [7, 11) is 0. The third kappa shape index (κ3) is 4.47. The second-order valence-corrected chi connectivity index (χ2v) is 6.69. The Morgan fingerprint density at radius 1 is 1.04 bits per heavy atom. The maximum atomic E-state index is 12.5. The number of carbonyl (C=O) groups excluding carboxylic acids is 2. The van der Waals surface area contributed by atoms with E-state index in [2.05, 4.69) is 41.8 Å². The Labute approximate surface area is 148 Å². The third-order valence-corrected chi connectivity index (χ3v) is 4.56. The van der Waals surface area contributed by atoms with Gasteiger partial charge in [-0.3, -0.25) is 9.59 Å². The molecule has 2 aromatic carbocycles. The van der Waals surface area contributed by atoms with Gasteiger partial charge >= 0.3 is 0 Å². The van der Waals surface area contributed by atoms with Crippen LogP contribution in [0.5, 0.6) is 0 Å². The number of nitrogens with one attached hydrogen (secondary N) is 2. The summed E-state index contributed by atoms with van der Waals surface area (Å²) in [4.78, 5) is 24.3. The third-order valence-electron chi connectivity index (χ3n) is 4.56. The highest BCUT2D eigenvalue weighted by Gasteiger charge is 2.29. The lowest BCUT2D eigenvalue weighted by Gasteiger charge is -2.18. The van der Waals surface area contributed by atoms with Crippen LogP contribution in [-0.4, -0.2) is 11.8 Å². The smallest absolute Gasteiger partial charge is 0.251 e. The first-order chi connectivity index (χ1) is 12.1. The maximum Gasteiger partial charge on any atom is 0.251 e. The quantitative estimate of drug-likeness (QED) is 0.829. The van der Waals surface area contributed by atoms with Gasteiger partial charge in [-0.25, -0.2) is 0 Å². The van der Waals surface area contributed by atoms with Gasteiger partial charge in [-0.15, -0.1) is 0 Å². The zero-order valence-corrected chi connectivity index (χ0v) is 14.7. The minimum atomic E-state index is -0.104. The summed E-state index contributed by atoms with van der Waals surface area (Å²) in [5, 5.41) is 5.96. The zero-order chi connectivity index (χ0) is 17.8. The topological polar surface area (TPSA) is 58.2 Å². The SMILES string of the molecule is CC[C@H](NC(=O)c1ccc(NC(=O)C2CC2)cc1)c1ccc(C)cc1. The summed E-state index contributed by atoms with van der Waals surface area (Å²) >= 11 is 0. The number of hydrogen-bond acceptors (Lipinski definition) is 2. The van der Waals surface area contributed by atoms with E-state index in [0.717, 1.165) is 30.5 Å². The Morgan fingerprint density at radius 2 is 1.68 bits per heavy atom. The maximum absolute atomic E-state index is 12.5. The molecule has 0 saturated heterocycles. The average molecular weight is 336 g/mol. The summed E-state index contributed by atoms with van der Waals surface area (Å²) in [6.45, 7) is 4.11. The molecule has 0 heterocycles. The molecule has 1 aliphatic carbocycles. The Hall–Kier alpha value is -2.62. The predicted molar refractivity (Wildman–Crippen MR) is 99.5 cm³/mol. The Kier molecular flexibility index (Phi) is 5.17. The molecular weight excluding hydrogens is 312 g/mol. The highest BCUT2D eigenvalue weighted by atomic mass is 16.2. The molecule has 0 spiro atoms. The number of aryl methyl sites for hydroxylation is 1. The number of anilines is 1. The van der Waals surface area contributed by atoms with Crippen LogP contribution in [0.3, 0.4) is 0 Å². The van der Waals surface area contributed by atoms with Crippen molar-refractivity contribution in [3.8, 4) is 0 Å². The molecule has 2 aromatic rings. The van der Waals surface area contributed by atoms with E-state index in [1.54, 1.807) is 24.3 Å². The first kappa shape index (κ1) is 17.2. The lowest BCUT2D eigenvalue weighted by atomic mass is 10.0. The molecule has 25 heavy (non-hydrogen) atoms. The molecule has 0 aliphatic heterocycles. The minimum absolute atomic E-state index is 0.0117. The number of benzene rings is 2. The van der Waals surface area contributed by atoms with Crippen LogP contribution in [0.1, 0.15) is 53.7 Å². The molecule has 3 rings (SSSR count). The summed E-state index contributed by atoms with van der Waals surface area (Å²) in [5.74, 6) is 0.137.